The molecular formula is C18H19N5O2. The molecule has 0 spiro atoms. The minimum Gasteiger partial charge on any atom is -0.308 e. The Morgan fingerprint density at radius 2 is 2.16 bits per heavy atom. The summed E-state index contributed by atoms with van der Waals surface area (Å²) in [6.07, 6.45) is 1.15. The molecule has 2 N–H and O–H groups in total. The molecule has 0 saturated heterocycles. The zero-order chi connectivity index (χ0) is 17.6. The number of aryl methyl sites for hydroxylation is 1. The number of amides is 1. The Morgan fingerprint density at radius 3 is 2.92 bits per heavy atom. The fraction of sp³-hybridized carbons (Fsp3) is 0.333. The first-order valence-electron chi connectivity index (χ1n) is 8.34. The lowest BCUT2D eigenvalue weighted by Crippen LogP contribution is -2.30. The fourth-order valence-electron chi connectivity index (χ4n) is 3.14. The standard InChI is InChI=1S/C18H19N5O2/c1-10-7-13(10)15-8-16(22-21-15)20-17(24)9-23-11(2)19-14-6-4-3-5-12(14)18(23)25/h3-6,8,10,13H,7,9H2,1-2H3,(H2,20,21,22,24)/t10-,13-/m0/s1. The molecule has 1 aliphatic rings. The zero-order valence-electron chi connectivity index (χ0n) is 14.1. The van der Waals surface area contributed by atoms with Crippen LogP contribution in [0.2, 0.25) is 0 Å². The first-order valence-corrected chi connectivity index (χ1v) is 8.34. The van der Waals surface area contributed by atoms with E-state index in [-0.39, 0.29) is 18.0 Å². The Bertz CT molecular complexity index is 1020. The van der Waals surface area contributed by atoms with Crippen LogP contribution >= 0.6 is 0 Å². The topological polar surface area (TPSA) is 92.7 Å². The molecule has 3 aromatic rings. The van der Waals surface area contributed by atoms with Crippen molar-refractivity contribution in [2.24, 2.45) is 5.92 Å². The maximum absolute atomic E-state index is 12.6. The number of hydrogen-bond donors (Lipinski definition) is 2. The minimum absolute atomic E-state index is 0.0927. The Morgan fingerprint density at radius 1 is 1.40 bits per heavy atom. The molecule has 2 aromatic heterocycles. The molecule has 1 amide bonds. The summed E-state index contributed by atoms with van der Waals surface area (Å²) in [7, 11) is 0. The van der Waals surface area contributed by atoms with Gasteiger partial charge in [0.1, 0.15) is 12.4 Å². The molecule has 2 atom stereocenters. The van der Waals surface area contributed by atoms with Crippen LogP contribution in [0.3, 0.4) is 0 Å². The first-order chi connectivity index (χ1) is 12.0. The third kappa shape index (κ3) is 2.93. The Labute approximate surface area is 144 Å². The molecule has 7 heteroatoms. The van der Waals surface area contributed by atoms with Gasteiger partial charge in [-0.05, 0) is 31.4 Å². The van der Waals surface area contributed by atoms with Gasteiger partial charge in [0, 0.05) is 17.7 Å². The monoisotopic (exact) mass is 337 g/mol. The van der Waals surface area contributed by atoms with Gasteiger partial charge in [0.25, 0.3) is 5.56 Å². The predicted octanol–water partition coefficient (Wildman–Crippen LogP) is 2.19. The van der Waals surface area contributed by atoms with Crippen molar-refractivity contribution in [3.8, 4) is 0 Å². The maximum atomic E-state index is 12.6. The molecule has 4 rings (SSSR count). The second-order valence-corrected chi connectivity index (χ2v) is 6.64. The van der Waals surface area contributed by atoms with Crippen LogP contribution in [0.15, 0.2) is 35.1 Å². The number of anilines is 1. The molecule has 0 bridgehead atoms. The summed E-state index contributed by atoms with van der Waals surface area (Å²) in [5, 5.41) is 10.3. The number of carbonyl (C=O) groups excluding carboxylic acids is 1. The summed E-state index contributed by atoms with van der Waals surface area (Å²) in [6, 6.07) is 8.99. The van der Waals surface area contributed by atoms with E-state index in [2.05, 4.69) is 27.4 Å². The van der Waals surface area contributed by atoms with E-state index in [1.807, 2.05) is 12.1 Å². The Kier molecular flexibility index (Phi) is 3.63. The molecule has 1 aliphatic carbocycles. The van der Waals surface area contributed by atoms with Crippen LogP contribution in [0.5, 0.6) is 0 Å². The molecule has 2 heterocycles. The van der Waals surface area contributed by atoms with E-state index < -0.39 is 0 Å². The van der Waals surface area contributed by atoms with Crippen LogP contribution in [0, 0.1) is 12.8 Å². The van der Waals surface area contributed by atoms with Crippen molar-refractivity contribution >= 4 is 22.6 Å². The number of rotatable bonds is 4. The molecule has 0 unspecified atom stereocenters. The largest absolute Gasteiger partial charge is 0.308 e. The lowest BCUT2D eigenvalue weighted by atomic mass is 10.2. The van der Waals surface area contributed by atoms with E-state index in [0.717, 1.165) is 12.1 Å². The van der Waals surface area contributed by atoms with Gasteiger partial charge in [0.05, 0.1) is 10.9 Å². The van der Waals surface area contributed by atoms with Gasteiger partial charge in [-0.25, -0.2) is 4.98 Å². The van der Waals surface area contributed by atoms with Gasteiger partial charge in [0.2, 0.25) is 5.91 Å². The van der Waals surface area contributed by atoms with Gasteiger partial charge in [-0.15, -0.1) is 0 Å². The van der Waals surface area contributed by atoms with Crippen molar-refractivity contribution in [2.45, 2.75) is 32.7 Å². The summed E-state index contributed by atoms with van der Waals surface area (Å²) < 4.78 is 1.38. The lowest BCUT2D eigenvalue weighted by Gasteiger charge is -2.10. The van der Waals surface area contributed by atoms with E-state index in [1.54, 1.807) is 25.1 Å². The highest BCUT2D eigenvalue weighted by Crippen LogP contribution is 2.46. The number of fused-ring (bicyclic) bond motifs is 1. The summed E-state index contributed by atoms with van der Waals surface area (Å²) in [6.45, 7) is 3.82. The van der Waals surface area contributed by atoms with Crippen LogP contribution in [0.4, 0.5) is 5.82 Å². The summed E-state index contributed by atoms with van der Waals surface area (Å²) in [5.74, 6) is 1.86. The molecule has 1 saturated carbocycles. The number of H-pyrrole nitrogens is 1. The first kappa shape index (κ1) is 15.6. The summed E-state index contributed by atoms with van der Waals surface area (Å²) in [5.41, 5.74) is 1.47. The van der Waals surface area contributed by atoms with E-state index in [0.29, 0.717) is 34.4 Å². The molecule has 1 aromatic carbocycles. The lowest BCUT2D eigenvalue weighted by molar-refractivity contribution is -0.116. The van der Waals surface area contributed by atoms with Gasteiger partial charge in [-0.1, -0.05) is 19.1 Å². The van der Waals surface area contributed by atoms with E-state index >= 15 is 0 Å². The van der Waals surface area contributed by atoms with Gasteiger partial charge in [0.15, 0.2) is 5.82 Å². The van der Waals surface area contributed by atoms with Crippen molar-refractivity contribution in [1.82, 2.24) is 19.7 Å². The average molecular weight is 337 g/mol. The normalized spacial score (nSPS) is 19.1. The molecule has 0 radical (unpaired) electrons. The number of nitrogens with zero attached hydrogens (tertiary/aromatic N) is 3. The van der Waals surface area contributed by atoms with Gasteiger partial charge >= 0.3 is 0 Å². The van der Waals surface area contributed by atoms with Crippen molar-refractivity contribution in [1.29, 1.82) is 0 Å². The van der Waals surface area contributed by atoms with Crippen LogP contribution < -0.4 is 10.9 Å². The van der Waals surface area contributed by atoms with E-state index in [1.165, 1.54) is 4.57 Å². The number of aromatic amines is 1. The van der Waals surface area contributed by atoms with E-state index in [4.69, 9.17) is 0 Å². The number of carbonyl (C=O) groups is 1. The maximum Gasteiger partial charge on any atom is 0.261 e. The highest BCUT2D eigenvalue weighted by molar-refractivity contribution is 5.90. The molecule has 128 valence electrons. The molecule has 7 nitrogen and oxygen atoms in total. The Hall–Kier alpha value is -2.96. The van der Waals surface area contributed by atoms with Crippen molar-refractivity contribution in [3.63, 3.8) is 0 Å². The number of para-hydroxylation sites is 1. The van der Waals surface area contributed by atoms with Crippen molar-refractivity contribution in [2.75, 3.05) is 5.32 Å². The van der Waals surface area contributed by atoms with Crippen molar-refractivity contribution in [3.05, 3.63) is 52.2 Å². The van der Waals surface area contributed by atoms with Crippen LogP contribution in [0.25, 0.3) is 10.9 Å². The highest BCUT2D eigenvalue weighted by atomic mass is 16.2. The van der Waals surface area contributed by atoms with E-state index in [9.17, 15) is 9.59 Å². The molecule has 25 heavy (non-hydrogen) atoms. The number of benzene rings is 1. The number of hydrogen-bond acceptors (Lipinski definition) is 4. The van der Waals surface area contributed by atoms with Crippen molar-refractivity contribution < 1.29 is 4.79 Å². The molecule has 1 fully saturated rings. The number of nitrogens with one attached hydrogen (secondary N) is 2. The van der Waals surface area contributed by atoms with Gasteiger partial charge in [-0.3, -0.25) is 19.3 Å². The summed E-state index contributed by atoms with van der Waals surface area (Å²) >= 11 is 0. The van der Waals surface area contributed by atoms with Crippen LogP contribution in [0.1, 0.15) is 30.8 Å². The average Bonchev–Trinajstić information content (AvgIpc) is 3.13. The zero-order valence-corrected chi connectivity index (χ0v) is 14.1. The highest BCUT2D eigenvalue weighted by Gasteiger charge is 2.35. The van der Waals surface area contributed by atoms with Crippen LogP contribution in [-0.2, 0) is 11.3 Å². The second kappa shape index (κ2) is 5.84. The smallest absolute Gasteiger partial charge is 0.261 e. The molecule has 0 aliphatic heterocycles. The van der Waals surface area contributed by atoms with Gasteiger partial charge in [-0.2, -0.15) is 5.10 Å². The molecular weight excluding hydrogens is 318 g/mol. The van der Waals surface area contributed by atoms with Gasteiger partial charge < -0.3 is 5.32 Å². The SMILES string of the molecule is Cc1nc2ccccc2c(=O)n1CC(=O)Nc1cc([C@H]2C[C@@H]2C)[nH]n1. The predicted molar refractivity (Wildman–Crippen MR) is 94.5 cm³/mol. The summed E-state index contributed by atoms with van der Waals surface area (Å²) in [4.78, 5) is 29.3. The fourth-order valence-corrected chi connectivity index (χ4v) is 3.14. The minimum atomic E-state index is -0.302. The second-order valence-electron chi connectivity index (χ2n) is 6.64. The number of aromatic nitrogens is 4. The van der Waals surface area contributed by atoms with Crippen LogP contribution in [-0.4, -0.2) is 25.7 Å². The Balaban J connectivity index is 1.53. The third-order valence-corrected chi connectivity index (χ3v) is 4.73. The quantitative estimate of drug-likeness (QED) is 0.763. The third-order valence-electron chi connectivity index (χ3n) is 4.73.